The molecule has 0 aliphatic heterocycles. The molecule has 2 aromatic heterocycles. The van der Waals surface area contributed by atoms with Crippen LogP contribution in [0.5, 0.6) is 0 Å². The number of thioether (sulfide) groups is 1. The number of carbonyl (C=O) groups is 1. The molecule has 0 saturated carbocycles. The van der Waals surface area contributed by atoms with Crippen molar-refractivity contribution in [1.29, 1.82) is 0 Å². The fourth-order valence-corrected chi connectivity index (χ4v) is 2.93. The molecule has 8 heteroatoms. The number of imidazole rings is 1. The van der Waals surface area contributed by atoms with E-state index in [4.69, 9.17) is 0 Å². The Labute approximate surface area is 144 Å². The number of nitrogens with one attached hydrogen (secondary N) is 1. The Balaban J connectivity index is 1.50. The summed E-state index contributed by atoms with van der Waals surface area (Å²) in [4.78, 5) is 16.1. The number of amides is 1. The third kappa shape index (κ3) is 3.83. The van der Waals surface area contributed by atoms with Gasteiger partial charge in [0.2, 0.25) is 5.91 Å². The van der Waals surface area contributed by atoms with E-state index in [-0.39, 0.29) is 5.91 Å². The summed E-state index contributed by atoms with van der Waals surface area (Å²) in [5.41, 5.74) is 2.10. The van der Waals surface area contributed by atoms with E-state index in [2.05, 4.69) is 20.5 Å². The summed E-state index contributed by atoms with van der Waals surface area (Å²) in [6.07, 6.45) is 5.32. The summed E-state index contributed by atoms with van der Waals surface area (Å²) in [6.45, 7) is 2.46. The highest BCUT2D eigenvalue weighted by Gasteiger charge is 2.07. The molecule has 0 radical (unpaired) electrons. The van der Waals surface area contributed by atoms with Gasteiger partial charge >= 0.3 is 0 Å². The second-order valence-electron chi connectivity index (χ2n) is 5.30. The molecule has 0 aliphatic rings. The molecule has 3 rings (SSSR count). The van der Waals surface area contributed by atoms with E-state index >= 15 is 0 Å². The smallest absolute Gasteiger partial charge is 0.230 e. The van der Waals surface area contributed by atoms with Crippen LogP contribution in [0.3, 0.4) is 0 Å². The molecule has 0 fully saturated rings. The number of carbonyl (C=O) groups excluding carboxylic acids is 1. The molecule has 0 spiro atoms. The van der Waals surface area contributed by atoms with E-state index in [1.54, 1.807) is 17.1 Å². The Morgan fingerprint density at radius 2 is 2.08 bits per heavy atom. The van der Waals surface area contributed by atoms with Crippen LogP contribution >= 0.6 is 11.8 Å². The Kier molecular flexibility index (Phi) is 4.95. The van der Waals surface area contributed by atoms with Gasteiger partial charge in [-0.2, -0.15) is 0 Å². The van der Waals surface area contributed by atoms with Crippen molar-refractivity contribution in [2.45, 2.75) is 18.6 Å². The Morgan fingerprint density at radius 3 is 2.71 bits per heavy atom. The first-order valence-corrected chi connectivity index (χ1v) is 8.45. The fraction of sp³-hybridized carbons (Fsp3) is 0.250. The molecule has 124 valence electrons. The molecule has 0 unspecified atom stereocenters. The van der Waals surface area contributed by atoms with E-state index in [9.17, 15) is 4.79 Å². The van der Waals surface area contributed by atoms with Crippen molar-refractivity contribution >= 4 is 17.7 Å². The van der Waals surface area contributed by atoms with Crippen molar-refractivity contribution in [3.05, 3.63) is 54.4 Å². The molecule has 0 saturated heterocycles. The number of hydrogen-bond donors (Lipinski definition) is 1. The SMILES string of the molecule is Cc1nccn1-c1ccc(CNC(=O)CSc2nncn2C)cc1. The molecule has 0 atom stereocenters. The number of aryl methyl sites for hydroxylation is 2. The monoisotopic (exact) mass is 342 g/mol. The van der Waals surface area contributed by atoms with Crippen LogP contribution in [0.15, 0.2) is 48.1 Å². The van der Waals surface area contributed by atoms with Gasteiger partial charge in [0.15, 0.2) is 5.16 Å². The lowest BCUT2D eigenvalue weighted by atomic mass is 10.2. The zero-order valence-electron chi connectivity index (χ0n) is 13.5. The van der Waals surface area contributed by atoms with Crippen molar-refractivity contribution < 1.29 is 4.79 Å². The predicted octanol–water partition coefficient (Wildman–Crippen LogP) is 1.72. The molecular formula is C16H18N6OS. The highest BCUT2D eigenvalue weighted by atomic mass is 32.2. The van der Waals surface area contributed by atoms with E-state index in [1.807, 2.05) is 49.0 Å². The van der Waals surface area contributed by atoms with E-state index in [1.165, 1.54) is 11.8 Å². The minimum Gasteiger partial charge on any atom is -0.351 e. The van der Waals surface area contributed by atoms with Gasteiger partial charge < -0.3 is 14.5 Å². The van der Waals surface area contributed by atoms with E-state index in [0.717, 1.165) is 22.2 Å². The van der Waals surface area contributed by atoms with Crippen LogP contribution in [0.1, 0.15) is 11.4 Å². The van der Waals surface area contributed by atoms with Gasteiger partial charge in [-0.05, 0) is 24.6 Å². The van der Waals surface area contributed by atoms with E-state index < -0.39 is 0 Å². The highest BCUT2D eigenvalue weighted by molar-refractivity contribution is 7.99. The maximum atomic E-state index is 11.9. The molecule has 0 aliphatic carbocycles. The van der Waals surface area contributed by atoms with Crippen LogP contribution < -0.4 is 5.32 Å². The standard InChI is InChI=1S/C16H18N6OS/c1-12-17-7-8-22(12)14-5-3-13(4-6-14)9-18-15(23)10-24-16-20-19-11-21(16)2/h3-8,11H,9-10H2,1-2H3,(H,18,23). The quantitative estimate of drug-likeness (QED) is 0.690. The van der Waals surface area contributed by atoms with Crippen molar-refractivity contribution in [2.75, 3.05) is 5.75 Å². The fourth-order valence-electron chi connectivity index (χ4n) is 2.21. The second-order valence-corrected chi connectivity index (χ2v) is 6.24. The second kappa shape index (κ2) is 7.31. The summed E-state index contributed by atoms with van der Waals surface area (Å²) < 4.78 is 3.80. The van der Waals surface area contributed by atoms with Gasteiger partial charge in [0.05, 0.1) is 5.75 Å². The first-order valence-electron chi connectivity index (χ1n) is 7.46. The third-order valence-electron chi connectivity index (χ3n) is 3.53. The molecule has 7 nitrogen and oxygen atoms in total. The molecule has 1 aromatic carbocycles. The van der Waals surface area contributed by atoms with Crippen LogP contribution in [0.2, 0.25) is 0 Å². The minimum absolute atomic E-state index is 0.0301. The van der Waals surface area contributed by atoms with Gasteiger partial charge in [0.1, 0.15) is 12.2 Å². The number of aromatic nitrogens is 5. The normalized spacial score (nSPS) is 10.8. The maximum absolute atomic E-state index is 11.9. The van der Waals surface area contributed by atoms with Crippen molar-refractivity contribution in [1.82, 2.24) is 29.6 Å². The predicted molar refractivity (Wildman–Crippen MR) is 91.9 cm³/mol. The van der Waals surface area contributed by atoms with Gasteiger partial charge in [-0.1, -0.05) is 23.9 Å². The highest BCUT2D eigenvalue weighted by Crippen LogP contribution is 2.13. The maximum Gasteiger partial charge on any atom is 0.230 e. The van der Waals surface area contributed by atoms with Gasteiger partial charge in [-0.25, -0.2) is 4.98 Å². The first-order chi connectivity index (χ1) is 11.6. The third-order valence-corrected chi connectivity index (χ3v) is 4.57. The number of rotatable bonds is 6. The van der Waals surface area contributed by atoms with Crippen molar-refractivity contribution in [2.24, 2.45) is 7.05 Å². The summed E-state index contributed by atoms with van der Waals surface area (Å²) in [6, 6.07) is 8.05. The topological polar surface area (TPSA) is 77.6 Å². The molecule has 1 amide bonds. The van der Waals surface area contributed by atoms with Gasteiger partial charge in [-0.3, -0.25) is 4.79 Å². The van der Waals surface area contributed by atoms with E-state index in [0.29, 0.717) is 12.3 Å². The molecule has 2 heterocycles. The average Bonchev–Trinajstić information content (AvgIpc) is 3.20. The number of benzene rings is 1. The minimum atomic E-state index is -0.0301. The largest absolute Gasteiger partial charge is 0.351 e. The van der Waals surface area contributed by atoms with Crippen molar-refractivity contribution in [3.8, 4) is 5.69 Å². The Hall–Kier alpha value is -2.61. The lowest BCUT2D eigenvalue weighted by Crippen LogP contribution is -2.24. The van der Waals surface area contributed by atoms with Gasteiger partial charge in [0.25, 0.3) is 0 Å². The van der Waals surface area contributed by atoms with Gasteiger partial charge in [-0.15, -0.1) is 10.2 Å². The van der Waals surface area contributed by atoms with Crippen LogP contribution in [0.25, 0.3) is 5.69 Å². The van der Waals surface area contributed by atoms with Crippen LogP contribution in [-0.4, -0.2) is 36.0 Å². The van der Waals surface area contributed by atoms with Gasteiger partial charge in [0, 0.05) is 31.7 Å². The summed E-state index contributed by atoms with van der Waals surface area (Å²) in [5.74, 6) is 1.23. The zero-order chi connectivity index (χ0) is 16.9. The zero-order valence-corrected chi connectivity index (χ0v) is 14.3. The lowest BCUT2D eigenvalue weighted by molar-refractivity contribution is -0.118. The lowest BCUT2D eigenvalue weighted by Gasteiger charge is -2.08. The molecule has 0 bridgehead atoms. The summed E-state index contributed by atoms with van der Waals surface area (Å²) in [7, 11) is 1.85. The molecule has 3 aromatic rings. The number of nitrogens with zero attached hydrogens (tertiary/aromatic N) is 5. The first kappa shape index (κ1) is 16.3. The summed E-state index contributed by atoms with van der Waals surface area (Å²) in [5, 5.41) is 11.4. The van der Waals surface area contributed by atoms with Crippen molar-refractivity contribution in [3.63, 3.8) is 0 Å². The Morgan fingerprint density at radius 1 is 1.29 bits per heavy atom. The molecule has 1 N–H and O–H groups in total. The van der Waals surface area contributed by atoms with Crippen LogP contribution in [0.4, 0.5) is 0 Å². The number of hydrogen-bond acceptors (Lipinski definition) is 5. The molecule has 24 heavy (non-hydrogen) atoms. The van der Waals surface area contributed by atoms with Crippen LogP contribution in [0, 0.1) is 6.92 Å². The molecular weight excluding hydrogens is 324 g/mol. The summed E-state index contributed by atoms with van der Waals surface area (Å²) >= 11 is 1.37. The Bertz CT molecular complexity index is 823. The van der Waals surface area contributed by atoms with Crippen LogP contribution in [-0.2, 0) is 18.4 Å². The average molecular weight is 342 g/mol.